The molecule has 1 aromatic rings. The highest BCUT2D eigenvalue weighted by atomic mass is 19.1. The van der Waals surface area contributed by atoms with Gasteiger partial charge in [-0.15, -0.1) is 0 Å². The predicted molar refractivity (Wildman–Crippen MR) is 72.8 cm³/mol. The van der Waals surface area contributed by atoms with Gasteiger partial charge in [0, 0.05) is 12.1 Å². The standard InChI is InChI=1S/C15H23FN2/c1-11(12-6-8-14(16)9-7-12)18-15-5-3-2-4-13(15)10-17/h6-9,11,13,15,18H,2-5,10,17H2,1H3. The monoisotopic (exact) mass is 250 g/mol. The molecule has 1 saturated carbocycles. The maximum atomic E-state index is 12.9. The van der Waals surface area contributed by atoms with Crippen LogP contribution in [0.1, 0.15) is 44.2 Å². The van der Waals surface area contributed by atoms with Crippen LogP contribution in [0.25, 0.3) is 0 Å². The third-order valence-corrected chi connectivity index (χ3v) is 4.05. The Morgan fingerprint density at radius 3 is 2.61 bits per heavy atom. The SMILES string of the molecule is CC(NC1CCCCC1CN)c1ccc(F)cc1. The Hall–Kier alpha value is -0.930. The van der Waals surface area contributed by atoms with Crippen molar-refractivity contribution in [3.05, 3.63) is 35.6 Å². The first-order valence-electron chi connectivity index (χ1n) is 6.92. The van der Waals surface area contributed by atoms with Crippen molar-refractivity contribution >= 4 is 0 Å². The second-order valence-electron chi connectivity index (χ2n) is 5.33. The number of rotatable bonds is 4. The van der Waals surface area contributed by atoms with Crippen molar-refractivity contribution in [3.8, 4) is 0 Å². The number of hydrogen-bond donors (Lipinski definition) is 2. The number of halogens is 1. The molecule has 0 heterocycles. The summed E-state index contributed by atoms with van der Waals surface area (Å²) in [4.78, 5) is 0. The molecule has 100 valence electrons. The van der Waals surface area contributed by atoms with Crippen molar-refractivity contribution in [3.63, 3.8) is 0 Å². The van der Waals surface area contributed by atoms with Gasteiger partial charge in [0.1, 0.15) is 5.82 Å². The minimum Gasteiger partial charge on any atom is -0.330 e. The number of nitrogens with two attached hydrogens (primary N) is 1. The summed E-state index contributed by atoms with van der Waals surface area (Å²) >= 11 is 0. The number of hydrogen-bond acceptors (Lipinski definition) is 2. The van der Waals surface area contributed by atoms with Crippen LogP contribution in [0, 0.1) is 11.7 Å². The highest BCUT2D eigenvalue weighted by molar-refractivity contribution is 5.19. The molecule has 0 radical (unpaired) electrons. The van der Waals surface area contributed by atoms with Crippen molar-refractivity contribution in [2.24, 2.45) is 11.7 Å². The fraction of sp³-hybridized carbons (Fsp3) is 0.600. The van der Waals surface area contributed by atoms with Gasteiger partial charge in [0.05, 0.1) is 0 Å². The second-order valence-corrected chi connectivity index (χ2v) is 5.33. The van der Waals surface area contributed by atoms with Crippen molar-refractivity contribution in [1.82, 2.24) is 5.32 Å². The van der Waals surface area contributed by atoms with Gasteiger partial charge in [-0.1, -0.05) is 25.0 Å². The predicted octanol–water partition coefficient (Wildman–Crippen LogP) is 2.99. The molecule has 3 heteroatoms. The lowest BCUT2D eigenvalue weighted by atomic mass is 9.84. The van der Waals surface area contributed by atoms with Crippen LogP contribution >= 0.6 is 0 Å². The Morgan fingerprint density at radius 2 is 1.94 bits per heavy atom. The van der Waals surface area contributed by atoms with Crippen LogP contribution in [0.15, 0.2) is 24.3 Å². The molecule has 2 nitrogen and oxygen atoms in total. The maximum Gasteiger partial charge on any atom is 0.123 e. The van der Waals surface area contributed by atoms with Gasteiger partial charge in [0.15, 0.2) is 0 Å². The lowest BCUT2D eigenvalue weighted by Crippen LogP contribution is -2.42. The fourth-order valence-corrected chi connectivity index (χ4v) is 2.88. The van der Waals surface area contributed by atoms with E-state index in [9.17, 15) is 4.39 Å². The normalized spacial score (nSPS) is 25.9. The van der Waals surface area contributed by atoms with E-state index in [0.29, 0.717) is 12.0 Å². The first-order chi connectivity index (χ1) is 8.70. The van der Waals surface area contributed by atoms with Gasteiger partial charge in [0.2, 0.25) is 0 Å². The van der Waals surface area contributed by atoms with Gasteiger partial charge >= 0.3 is 0 Å². The molecule has 3 atom stereocenters. The van der Waals surface area contributed by atoms with Crippen LogP contribution in [-0.2, 0) is 0 Å². The Labute approximate surface area is 109 Å². The topological polar surface area (TPSA) is 38.0 Å². The second kappa shape index (κ2) is 6.30. The van der Waals surface area contributed by atoms with Crippen LogP contribution in [-0.4, -0.2) is 12.6 Å². The molecule has 3 unspecified atom stereocenters. The molecule has 0 amide bonds. The molecule has 0 bridgehead atoms. The van der Waals surface area contributed by atoms with Gasteiger partial charge < -0.3 is 11.1 Å². The van der Waals surface area contributed by atoms with Gasteiger partial charge in [0.25, 0.3) is 0 Å². The zero-order valence-corrected chi connectivity index (χ0v) is 11.0. The Balaban J connectivity index is 1.97. The Morgan fingerprint density at radius 1 is 1.28 bits per heavy atom. The van der Waals surface area contributed by atoms with Crippen molar-refractivity contribution in [2.75, 3.05) is 6.54 Å². The summed E-state index contributed by atoms with van der Waals surface area (Å²) in [6.07, 6.45) is 5.01. The molecule has 1 fully saturated rings. The zero-order chi connectivity index (χ0) is 13.0. The molecular formula is C15H23FN2. The summed E-state index contributed by atoms with van der Waals surface area (Å²) < 4.78 is 12.9. The van der Waals surface area contributed by atoms with E-state index in [1.54, 1.807) is 0 Å². The number of benzene rings is 1. The molecule has 0 aromatic heterocycles. The first kappa shape index (κ1) is 13.5. The van der Waals surface area contributed by atoms with Gasteiger partial charge in [-0.3, -0.25) is 0 Å². The van der Waals surface area contributed by atoms with Crippen LogP contribution < -0.4 is 11.1 Å². The Bertz CT molecular complexity index is 363. The van der Waals surface area contributed by atoms with Crippen molar-refractivity contribution < 1.29 is 4.39 Å². The minimum atomic E-state index is -0.177. The van der Waals surface area contributed by atoms with E-state index >= 15 is 0 Å². The average molecular weight is 250 g/mol. The van der Waals surface area contributed by atoms with Crippen LogP contribution in [0.4, 0.5) is 4.39 Å². The largest absolute Gasteiger partial charge is 0.330 e. The molecule has 0 aliphatic heterocycles. The summed E-state index contributed by atoms with van der Waals surface area (Å²) in [7, 11) is 0. The van der Waals surface area contributed by atoms with Gasteiger partial charge in [-0.05, 0) is 49.9 Å². The molecule has 0 saturated heterocycles. The van der Waals surface area contributed by atoms with Gasteiger partial charge in [-0.2, -0.15) is 0 Å². The molecule has 3 N–H and O–H groups in total. The van der Waals surface area contributed by atoms with Gasteiger partial charge in [-0.25, -0.2) is 4.39 Å². The lowest BCUT2D eigenvalue weighted by molar-refractivity contribution is 0.252. The van der Waals surface area contributed by atoms with Crippen LogP contribution in [0.5, 0.6) is 0 Å². The molecule has 1 aromatic carbocycles. The van der Waals surface area contributed by atoms with E-state index in [1.807, 2.05) is 12.1 Å². The average Bonchev–Trinajstić information content (AvgIpc) is 2.40. The first-order valence-corrected chi connectivity index (χ1v) is 6.92. The summed E-state index contributed by atoms with van der Waals surface area (Å²) in [5.41, 5.74) is 6.98. The summed E-state index contributed by atoms with van der Waals surface area (Å²) in [6.45, 7) is 2.89. The van der Waals surface area contributed by atoms with E-state index in [1.165, 1.54) is 37.8 Å². The molecule has 0 spiro atoms. The molecule has 2 rings (SSSR count). The minimum absolute atomic E-state index is 0.177. The quantitative estimate of drug-likeness (QED) is 0.862. The Kier molecular flexibility index (Phi) is 4.72. The molecule has 1 aliphatic carbocycles. The van der Waals surface area contributed by atoms with Crippen molar-refractivity contribution in [2.45, 2.75) is 44.7 Å². The van der Waals surface area contributed by atoms with E-state index in [-0.39, 0.29) is 11.9 Å². The van der Waals surface area contributed by atoms with E-state index < -0.39 is 0 Å². The van der Waals surface area contributed by atoms with Crippen LogP contribution in [0.2, 0.25) is 0 Å². The molecule has 18 heavy (non-hydrogen) atoms. The van der Waals surface area contributed by atoms with Crippen molar-refractivity contribution in [1.29, 1.82) is 0 Å². The lowest BCUT2D eigenvalue weighted by Gasteiger charge is -2.33. The maximum absolute atomic E-state index is 12.9. The third kappa shape index (κ3) is 3.30. The number of nitrogens with one attached hydrogen (secondary N) is 1. The summed E-state index contributed by atoms with van der Waals surface area (Å²) in [5.74, 6) is 0.407. The summed E-state index contributed by atoms with van der Waals surface area (Å²) in [6, 6.07) is 7.51. The molecular weight excluding hydrogens is 227 g/mol. The zero-order valence-electron chi connectivity index (χ0n) is 11.0. The van der Waals surface area contributed by atoms with Crippen LogP contribution in [0.3, 0.4) is 0 Å². The van der Waals surface area contributed by atoms with E-state index in [2.05, 4.69) is 12.2 Å². The summed E-state index contributed by atoms with van der Waals surface area (Å²) in [5, 5.41) is 3.65. The highest BCUT2D eigenvalue weighted by Crippen LogP contribution is 2.26. The smallest absolute Gasteiger partial charge is 0.123 e. The van der Waals surface area contributed by atoms with E-state index in [4.69, 9.17) is 5.73 Å². The highest BCUT2D eigenvalue weighted by Gasteiger charge is 2.25. The molecule has 1 aliphatic rings. The fourth-order valence-electron chi connectivity index (χ4n) is 2.88. The van der Waals surface area contributed by atoms with E-state index in [0.717, 1.165) is 12.1 Å². The third-order valence-electron chi connectivity index (χ3n) is 4.05.